The van der Waals surface area contributed by atoms with E-state index in [9.17, 15) is 10.2 Å². The zero-order chi connectivity index (χ0) is 13.6. The maximum atomic E-state index is 9.36. The second kappa shape index (κ2) is 6.36. The van der Waals surface area contributed by atoms with Gasteiger partial charge in [-0.2, -0.15) is 4.98 Å². The van der Waals surface area contributed by atoms with E-state index in [2.05, 4.69) is 15.3 Å². The molecular formula is C11H20N4O3. The Kier molecular flexibility index (Phi) is 5.11. The van der Waals surface area contributed by atoms with Crippen molar-refractivity contribution in [1.29, 1.82) is 0 Å². The highest BCUT2D eigenvalue weighted by atomic mass is 16.5. The fraction of sp³-hybridized carbons (Fsp3) is 0.636. The molecule has 0 unspecified atom stereocenters. The van der Waals surface area contributed by atoms with Crippen LogP contribution in [0.1, 0.15) is 20.3 Å². The number of nitrogens with one attached hydrogen (secondary N) is 1. The molecule has 0 fully saturated rings. The minimum atomic E-state index is -0.855. The Bertz CT molecular complexity index is 374. The SMILES string of the molecule is CCOc1ncnc(NC(CC)(CO)CO)c1N. The van der Waals surface area contributed by atoms with Crippen LogP contribution in [0.15, 0.2) is 6.33 Å². The molecule has 0 aliphatic heterocycles. The van der Waals surface area contributed by atoms with Crippen molar-refractivity contribution in [2.24, 2.45) is 0 Å². The number of hydrogen-bond acceptors (Lipinski definition) is 7. The van der Waals surface area contributed by atoms with Gasteiger partial charge in [-0.05, 0) is 13.3 Å². The van der Waals surface area contributed by atoms with Crippen LogP contribution in [0.3, 0.4) is 0 Å². The van der Waals surface area contributed by atoms with Crippen molar-refractivity contribution >= 4 is 11.5 Å². The Morgan fingerprint density at radius 1 is 1.33 bits per heavy atom. The van der Waals surface area contributed by atoms with Crippen molar-refractivity contribution in [3.05, 3.63) is 6.33 Å². The van der Waals surface area contributed by atoms with Gasteiger partial charge in [0.1, 0.15) is 12.0 Å². The molecule has 0 spiro atoms. The summed E-state index contributed by atoms with van der Waals surface area (Å²) in [4.78, 5) is 7.91. The van der Waals surface area contributed by atoms with Gasteiger partial charge in [-0.25, -0.2) is 4.98 Å². The van der Waals surface area contributed by atoms with Crippen LogP contribution in [-0.4, -0.2) is 45.5 Å². The Labute approximate surface area is 106 Å². The summed E-state index contributed by atoms with van der Waals surface area (Å²) in [5.41, 5.74) is 5.27. The fourth-order valence-corrected chi connectivity index (χ4v) is 1.42. The van der Waals surface area contributed by atoms with E-state index < -0.39 is 5.54 Å². The lowest BCUT2D eigenvalue weighted by Gasteiger charge is -2.30. The maximum absolute atomic E-state index is 9.36. The average molecular weight is 256 g/mol. The van der Waals surface area contributed by atoms with Crippen LogP contribution >= 0.6 is 0 Å². The largest absolute Gasteiger partial charge is 0.476 e. The van der Waals surface area contributed by atoms with E-state index >= 15 is 0 Å². The van der Waals surface area contributed by atoms with Gasteiger partial charge in [0.15, 0.2) is 5.82 Å². The van der Waals surface area contributed by atoms with E-state index in [4.69, 9.17) is 10.5 Å². The van der Waals surface area contributed by atoms with E-state index in [1.54, 1.807) is 0 Å². The van der Waals surface area contributed by atoms with Gasteiger partial charge in [-0.1, -0.05) is 6.92 Å². The molecule has 0 amide bonds. The first-order chi connectivity index (χ1) is 8.62. The Balaban J connectivity index is 2.99. The minimum absolute atomic E-state index is 0.229. The van der Waals surface area contributed by atoms with Crippen LogP contribution in [0.25, 0.3) is 0 Å². The third-order valence-corrected chi connectivity index (χ3v) is 2.79. The van der Waals surface area contributed by atoms with Gasteiger partial charge in [-0.3, -0.25) is 0 Å². The highest BCUT2D eigenvalue weighted by Crippen LogP contribution is 2.27. The van der Waals surface area contributed by atoms with Crippen LogP contribution in [0.4, 0.5) is 11.5 Å². The molecule has 7 heteroatoms. The zero-order valence-electron chi connectivity index (χ0n) is 10.7. The van der Waals surface area contributed by atoms with Gasteiger partial charge in [0.25, 0.3) is 0 Å². The molecule has 102 valence electrons. The number of ether oxygens (including phenoxy) is 1. The lowest BCUT2D eigenvalue weighted by molar-refractivity contribution is 0.132. The molecule has 0 bridgehead atoms. The number of aliphatic hydroxyl groups excluding tert-OH is 2. The van der Waals surface area contributed by atoms with E-state index in [1.807, 2.05) is 13.8 Å². The summed E-state index contributed by atoms with van der Waals surface area (Å²) in [6.07, 6.45) is 1.84. The quantitative estimate of drug-likeness (QED) is 0.543. The van der Waals surface area contributed by atoms with Gasteiger partial charge in [0.2, 0.25) is 5.88 Å². The first-order valence-corrected chi connectivity index (χ1v) is 5.85. The van der Waals surface area contributed by atoms with Crippen molar-refractivity contribution in [2.45, 2.75) is 25.8 Å². The summed E-state index contributed by atoms with van der Waals surface area (Å²) < 4.78 is 5.25. The Morgan fingerprint density at radius 2 is 2.00 bits per heavy atom. The second-order valence-corrected chi connectivity index (χ2v) is 3.95. The summed E-state index contributed by atoms with van der Waals surface area (Å²) in [7, 11) is 0. The monoisotopic (exact) mass is 256 g/mol. The molecular weight excluding hydrogens is 236 g/mol. The van der Waals surface area contributed by atoms with Crippen molar-refractivity contribution < 1.29 is 14.9 Å². The van der Waals surface area contributed by atoms with Crippen molar-refractivity contribution in [3.8, 4) is 5.88 Å². The van der Waals surface area contributed by atoms with Gasteiger partial charge in [-0.15, -0.1) is 0 Å². The first-order valence-electron chi connectivity index (χ1n) is 5.85. The number of aromatic nitrogens is 2. The predicted molar refractivity (Wildman–Crippen MR) is 68.4 cm³/mol. The molecule has 0 radical (unpaired) electrons. The highest BCUT2D eigenvalue weighted by molar-refractivity contribution is 5.67. The van der Waals surface area contributed by atoms with Crippen LogP contribution in [0.5, 0.6) is 5.88 Å². The van der Waals surface area contributed by atoms with Gasteiger partial charge in [0.05, 0.1) is 25.4 Å². The number of nitrogens with zero attached hydrogens (tertiary/aromatic N) is 2. The number of nitrogen functional groups attached to an aromatic ring is 1. The average Bonchev–Trinajstić information content (AvgIpc) is 2.41. The maximum Gasteiger partial charge on any atom is 0.242 e. The predicted octanol–water partition coefficient (Wildman–Crippen LogP) is 0.00280. The number of anilines is 2. The van der Waals surface area contributed by atoms with E-state index in [-0.39, 0.29) is 24.8 Å². The first kappa shape index (κ1) is 14.5. The van der Waals surface area contributed by atoms with Crippen LogP contribution < -0.4 is 15.8 Å². The Morgan fingerprint density at radius 3 is 2.50 bits per heavy atom. The van der Waals surface area contributed by atoms with E-state index in [1.165, 1.54) is 6.33 Å². The van der Waals surface area contributed by atoms with Gasteiger partial charge >= 0.3 is 0 Å². The fourth-order valence-electron chi connectivity index (χ4n) is 1.42. The number of rotatable bonds is 7. The van der Waals surface area contributed by atoms with E-state index in [0.717, 1.165) is 0 Å². The van der Waals surface area contributed by atoms with Crippen LogP contribution in [0, 0.1) is 0 Å². The molecule has 18 heavy (non-hydrogen) atoms. The third-order valence-electron chi connectivity index (χ3n) is 2.79. The molecule has 0 saturated carbocycles. The molecule has 1 rings (SSSR count). The topological polar surface area (TPSA) is 114 Å². The van der Waals surface area contributed by atoms with Gasteiger partial charge < -0.3 is 26.0 Å². The summed E-state index contributed by atoms with van der Waals surface area (Å²) in [6.45, 7) is 3.66. The zero-order valence-corrected chi connectivity index (χ0v) is 10.7. The molecule has 1 aromatic rings. The number of aliphatic hydroxyl groups is 2. The van der Waals surface area contributed by atoms with Crippen molar-refractivity contribution in [1.82, 2.24) is 9.97 Å². The summed E-state index contributed by atoms with van der Waals surface area (Å²) in [5, 5.41) is 21.7. The summed E-state index contributed by atoms with van der Waals surface area (Å²) in [6, 6.07) is 0. The smallest absolute Gasteiger partial charge is 0.242 e. The normalized spacial score (nSPS) is 11.3. The highest BCUT2D eigenvalue weighted by Gasteiger charge is 2.28. The third kappa shape index (κ3) is 2.99. The van der Waals surface area contributed by atoms with Crippen molar-refractivity contribution in [3.63, 3.8) is 0 Å². The molecule has 5 N–H and O–H groups in total. The number of hydrogen-bond donors (Lipinski definition) is 4. The molecule has 7 nitrogen and oxygen atoms in total. The standard InChI is InChI=1S/C11H20N4O3/c1-3-11(5-16,6-17)15-9-8(12)10(18-4-2)14-7-13-9/h7,16-17H,3-6,12H2,1-2H3,(H,13,14,15). The molecule has 1 heterocycles. The number of nitrogens with two attached hydrogens (primary N) is 1. The molecule has 0 saturated heterocycles. The van der Waals surface area contributed by atoms with Gasteiger partial charge in [0, 0.05) is 0 Å². The molecule has 0 aliphatic rings. The van der Waals surface area contributed by atoms with Crippen molar-refractivity contribution in [2.75, 3.05) is 30.9 Å². The summed E-state index contributed by atoms with van der Waals surface area (Å²) >= 11 is 0. The lowest BCUT2D eigenvalue weighted by atomic mass is 9.98. The minimum Gasteiger partial charge on any atom is -0.476 e. The molecule has 0 aliphatic carbocycles. The van der Waals surface area contributed by atoms with E-state index in [0.29, 0.717) is 18.8 Å². The Hall–Kier alpha value is -1.60. The van der Waals surface area contributed by atoms with Crippen LogP contribution in [0.2, 0.25) is 0 Å². The molecule has 1 aromatic heterocycles. The molecule has 0 aromatic carbocycles. The van der Waals surface area contributed by atoms with Crippen LogP contribution in [-0.2, 0) is 0 Å². The summed E-state index contributed by atoms with van der Waals surface area (Å²) in [5.74, 6) is 0.634. The second-order valence-electron chi connectivity index (χ2n) is 3.95. The molecule has 0 atom stereocenters. The lowest BCUT2D eigenvalue weighted by Crippen LogP contribution is -2.45.